The first kappa shape index (κ1) is 17.6. The Balaban J connectivity index is 2.91. The topological polar surface area (TPSA) is 85.9 Å². The van der Waals surface area contributed by atoms with Crippen LogP contribution in [0.4, 0.5) is 0 Å². The average molecular weight is 310 g/mol. The predicted octanol–water partition coefficient (Wildman–Crippen LogP) is 1.52. The average Bonchev–Trinajstić information content (AvgIpc) is 2.50. The molecule has 0 aliphatic carbocycles. The molecule has 0 aliphatic rings. The second-order valence-electron chi connectivity index (χ2n) is 4.98. The van der Waals surface area contributed by atoms with Crippen molar-refractivity contribution in [2.24, 2.45) is 5.92 Å². The highest BCUT2D eigenvalue weighted by Crippen LogP contribution is 2.39. The quantitative estimate of drug-likeness (QED) is 0.778. The Bertz CT molecular complexity index is 543. The third-order valence-electron chi connectivity index (χ3n) is 2.86. The standard InChI is InChI=1S/C15H22N2O5/c1-9(2)8-12(18)16-17-15(19)10-6-7-11(20-3)14(22-5)13(10)21-4/h6-7,9H,8H2,1-5H3,(H,16,18)(H,17,19). The van der Waals surface area contributed by atoms with Crippen molar-refractivity contribution in [1.29, 1.82) is 0 Å². The first-order chi connectivity index (χ1) is 10.4. The van der Waals surface area contributed by atoms with Crippen LogP contribution in [0.15, 0.2) is 12.1 Å². The minimum Gasteiger partial charge on any atom is -0.493 e. The molecule has 1 rings (SSSR count). The van der Waals surface area contributed by atoms with Crippen LogP contribution in [0, 0.1) is 5.92 Å². The minimum atomic E-state index is -0.505. The number of benzene rings is 1. The molecule has 122 valence electrons. The highest BCUT2D eigenvalue weighted by atomic mass is 16.5. The second-order valence-corrected chi connectivity index (χ2v) is 4.98. The molecular weight excluding hydrogens is 288 g/mol. The highest BCUT2D eigenvalue weighted by molar-refractivity contribution is 5.99. The molecule has 0 spiro atoms. The van der Waals surface area contributed by atoms with Crippen molar-refractivity contribution >= 4 is 11.8 Å². The molecule has 2 N–H and O–H groups in total. The van der Waals surface area contributed by atoms with E-state index in [1.54, 1.807) is 6.07 Å². The van der Waals surface area contributed by atoms with E-state index in [2.05, 4.69) is 10.9 Å². The fourth-order valence-electron chi connectivity index (χ4n) is 1.90. The number of hydrogen-bond donors (Lipinski definition) is 2. The number of hydrazine groups is 1. The fraction of sp³-hybridized carbons (Fsp3) is 0.467. The summed E-state index contributed by atoms with van der Waals surface area (Å²) in [6.45, 7) is 3.83. The Morgan fingerprint density at radius 3 is 2.14 bits per heavy atom. The summed E-state index contributed by atoms with van der Waals surface area (Å²) in [5.41, 5.74) is 4.94. The number of methoxy groups -OCH3 is 3. The van der Waals surface area contributed by atoms with Gasteiger partial charge in [-0.3, -0.25) is 20.4 Å². The summed E-state index contributed by atoms with van der Waals surface area (Å²) < 4.78 is 15.6. The normalized spacial score (nSPS) is 10.1. The Morgan fingerprint density at radius 1 is 1.00 bits per heavy atom. The van der Waals surface area contributed by atoms with E-state index in [1.165, 1.54) is 27.4 Å². The number of carbonyl (C=O) groups is 2. The van der Waals surface area contributed by atoms with E-state index < -0.39 is 5.91 Å². The summed E-state index contributed by atoms with van der Waals surface area (Å²) >= 11 is 0. The van der Waals surface area contributed by atoms with Gasteiger partial charge in [0.1, 0.15) is 0 Å². The van der Waals surface area contributed by atoms with Gasteiger partial charge in [0.15, 0.2) is 11.5 Å². The van der Waals surface area contributed by atoms with Gasteiger partial charge >= 0.3 is 0 Å². The summed E-state index contributed by atoms with van der Waals surface area (Å²) in [5, 5.41) is 0. The van der Waals surface area contributed by atoms with E-state index in [4.69, 9.17) is 14.2 Å². The van der Waals surface area contributed by atoms with E-state index in [0.717, 1.165) is 0 Å². The van der Waals surface area contributed by atoms with Gasteiger partial charge in [-0.1, -0.05) is 13.8 Å². The van der Waals surface area contributed by atoms with Crippen LogP contribution in [0.3, 0.4) is 0 Å². The van der Waals surface area contributed by atoms with Gasteiger partial charge in [0.05, 0.1) is 26.9 Å². The van der Waals surface area contributed by atoms with Crippen LogP contribution in [0.25, 0.3) is 0 Å². The number of nitrogens with one attached hydrogen (secondary N) is 2. The van der Waals surface area contributed by atoms with Crippen LogP contribution in [-0.4, -0.2) is 33.1 Å². The minimum absolute atomic E-state index is 0.201. The molecule has 0 bridgehead atoms. The zero-order chi connectivity index (χ0) is 16.7. The Kier molecular flexibility index (Phi) is 6.49. The van der Waals surface area contributed by atoms with Crippen molar-refractivity contribution in [1.82, 2.24) is 10.9 Å². The maximum atomic E-state index is 12.2. The summed E-state index contributed by atoms with van der Waals surface area (Å²) in [6.07, 6.45) is 0.323. The zero-order valence-electron chi connectivity index (χ0n) is 13.5. The molecule has 0 fully saturated rings. The molecule has 0 atom stereocenters. The van der Waals surface area contributed by atoms with Gasteiger partial charge in [-0.05, 0) is 18.1 Å². The van der Waals surface area contributed by atoms with E-state index in [0.29, 0.717) is 17.9 Å². The van der Waals surface area contributed by atoms with Crippen molar-refractivity contribution in [2.45, 2.75) is 20.3 Å². The van der Waals surface area contributed by atoms with Crippen LogP contribution < -0.4 is 25.1 Å². The molecule has 1 aromatic rings. The van der Waals surface area contributed by atoms with E-state index in [9.17, 15) is 9.59 Å². The molecule has 0 aliphatic heterocycles. The summed E-state index contributed by atoms with van der Waals surface area (Å²) in [4.78, 5) is 23.7. The van der Waals surface area contributed by atoms with E-state index in [-0.39, 0.29) is 23.1 Å². The molecule has 7 nitrogen and oxygen atoms in total. The van der Waals surface area contributed by atoms with Gasteiger partial charge in [-0.25, -0.2) is 0 Å². The molecule has 1 aromatic carbocycles. The van der Waals surface area contributed by atoms with Crippen LogP contribution in [0.1, 0.15) is 30.6 Å². The van der Waals surface area contributed by atoms with Gasteiger partial charge in [0.25, 0.3) is 5.91 Å². The van der Waals surface area contributed by atoms with Gasteiger partial charge in [0, 0.05) is 6.42 Å². The van der Waals surface area contributed by atoms with Crippen molar-refractivity contribution in [3.05, 3.63) is 17.7 Å². The second kappa shape index (κ2) is 8.11. The number of carbonyl (C=O) groups excluding carboxylic acids is 2. The number of hydrogen-bond acceptors (Lipinski definition) is 5. The molecule has 2 amide bonds. The molecule has 7 heteroatoms. The van der Waals surface area contributed by atoms with Crippen molar-refractivity contribution in [2.75, 3.05) is 21.3 Å². The third kappa shape index (κ3) is 4.28. The molecule has 22 heavy (non-hydrogen) atoms. The van der Waals surface area contributed by atoms with Crippen LogP contribution in [0.2, 0.25) is 0 Å². The Hall–Kier alpha value is -2.44. The Morgan fingerprint density at radius 2 is 1.64 bits per heavy atom. The summed E-state index contributed by atoms with van der Waals surface area (Å²) in [5.74, 6) is 0.425. The lowest BCUT2D eigenvalue weighted by atomic mass is 10.1. The lowest BCUT2D eigenvalue weighted by Crippen LogP contribution is -2.42. The van der Waals surface area contributed by atoms with Crippen molar-refractivity contribution < 1.29 is 23.8 Å². The predicted molar refractivity (Wildman–Crippen MR) is 81.2 cm³/mol. The molecule has 0 aromatic heterocycles. The lowest BCUT2D eigenvalue weighted by Gasteiger charge is -2.15. The molecular formula is C15H22N2O5. The van der Waals surface area contributed by atoms with Crippen LogP contribution >= 0.6 is 0 Å². The van der Waals surface area contributed by atoms with Crippen LogP contribution in [-0.2, 0) is 4.79 Å². The largest absolute Gasteiger partial charge is 0.493 e. The summed E-state index contributed by atoms with van der Waals surface area (Å²) in [6, 6.07) is 3.12. The van der Waals surface area contributed by atoms with Gasteiger partial charge in [-0.15, -0.1) is 0 Å². The smallest absolute Gasteiger partial charge is 0.273 e. The molecule has 0 unspecified atom stereocenters. The first-order valence-electron chi connectivity index (χ1n) is 6.82. The van der Waals surface area contributed by atoms with Crippen LogP contribution in [0.5, 0.6) is 17.2 Å². The molecule has 0 saturated carbocycles. The Labute approximate surface area is 129 Å². The van der Waals surface area contributed by atoms with E-state index in [1.807, 2.05) is 13.8 Å². The highest BCUT2D eigenvalue weighted by Gasteiger charge is 2.20. The molecule has 0 heterocycles. The molecule has 0 radical (unpaired) electrons. The fourth-order valence-corrected chi connectivity index (χ4v) is 1.90. The SMILES string of the molecule is COc1ccc(C(=O)NNC(=O)CC(C)C)c(OC)c1OC. The lowest BCUT2D eigenvalue weighted by molar-refractivity contribution is -0.122. The van der Waals surface area contributed by atoms with Gasteiger partial charge in [0.2, 0.25) is 11.7 Å². The maximum absolute atomic E-state index is 12.2. The summed E-state index contributed by atoms with van der Waals surface area (Å²) in [7, 11) is 4.36. The van der Waals surface area contributed by atoms with Gasteiger partial charge in [-0.2, -0.15) is 0 Å². The van der Waals surface area contributed by atoms with E-state index >= 15 is 0 Å². The maximum Gasteiger partial charge on any atom is 0.273 e. The molecule has 0 saturated heterocycles. The van der Waals surface area contributed by atoms with Crippen molar-refractivity contribution in [3.63, 3.8) is 0 Å². The van der Waals surface area contributed by atoms with Gasteiger partial charge < -0.3 is 14.2 Å². The monoisotopic (exact) mass is 310 g/mol. The first-order valence-corrected chi connectivity index (χ1v) is 6.82. The number of amides is 2. The van der Waals surface area contributed by atoms with Crippen molar-refractivity contribution in [3.8, 4) is 17.2 Å². The third-order valence-corrected chi connectivity index (χ3v) is 2.86. The number of ether oxygens (including phenoxy) is 3. The number of rotatable bonds is 6. The zero-order valence-corrected chi connectivity index (χ0v) is 13.5.